The van der Waals surface area contributed by atoms with Crippen molar-refractivity contribution in [2.24, 2.45) is 51.2 Å². The second kappa shape index (κ2) is 7.81. The molecule has 0 aromatic rings. The van der Waals surface area contributed by atoms with Crippen LogP contribution in [0.2, 0.25) is 0 Å². The number of fused-ring (bicyclic) bond motifs is 6. The average molecular weight is 473 g/mol. The molecule has 4 nitrogen and oxygen atoms in total. The number of hydrogen-bond acceptors (Lipinski definition) is 3. The molecule has 0 saturated heterocycles. The third kappa shape index (κ3) is 3.12. The van der Waals surface area contributed by atoms with Gasteiger partial charge in [0.25, 0.3) is 0 Å². The second-order valence-corrected chi connectivity index (χ2v) is 14.4. The van der Waals surface area contributed by atoms with E-state index in [2.05, 4.69) is 41.5 Å². The first-order chi connectivity index (χ1) is 15.8. The van der Waals surface area contributed by atoms with Crippen LogP contribution in [0.5, 0.6) is 0 Å². The highest BCUT2D eigenvalue weighted by Gasteiger charge is 2.64. The minimum absolute atomic E-state index is 0.0154. The third-order valence-electron chi connectivity index (χ3n) is 12.8. The number of aliphatic hydroxyl groups excluding tert-OH is 2. The molecule has 5 aliphatic carbocycles. The molecule has 5 rings (SSSR count). The van der Waals surface area contributed by atoms with Gasteiger partial charge in [-0.15, -0.1) is 0 Å². The first kappa shape index (κ1) is 24.8. The van der Waals surface area contributed by atoms with E-state index in [9.17, 15) is 20.1 Å². The minimum Gasteiger partial charge on any atom is -0.481 e. The number of carboxylic acids is 1. The molecule has 192 valence electrons. The van der Waals surface area contributed by atoms with Gasteiger partial charge in [-0.05, 0) is 110 Å². The molecule has 10 atom stereocenters. The Morgan fingerprint density at radius 3 is 2.29 bits per heavy atom. The van der Waals surface area contributed by atoms with Gasteiger partial charge in [-0.25, -0.2) is 0 Å². The van der Waals surface area contributed by atoms with Crippen LogP contribution < -0.4 is 0 Å². The fourth-order valence-electron chi connectivity index (χ4n) is 10.7. The molecule has 3 fully saturated rings. The average Bonchev–Trinajstić information content (AvgIpc) is 2.87. The predicted octanol–water partition coefficient (Wildman–Crippen LogP) is 6.20. The summed E-state index contributed by atoms with van der Waals surface area (Å²) in [7, 11) is 0. The number of allylic oxidation sites excluding steroid dienone is 1. The van der Waals surface area contributed by atoms with Crippen molar-refractivity contribution in [3.05, 3.63) is 11.1 Å². The summed E-state index contributed by atoms with van der Waals surface area (Å²) >= 11 is 0. The maximum Gasteiger partial charge on any atom is 0.310 e. The van der Waals surface area contributed by atoms with Gasteiger partial charge in [0.15, 0.2) is 0 Å². The van der Waals surface area contributed by atoms with Crippen LogP contribution in [-0.2, 0) is 4.79 Å². The molecule has 0 aliphatic heterocycles. The lowest BCUT2D eigenvalue weighted by molar-refractivity contribution is -0.170. The highest BCUT2D eigenvalue weighted by atomic mass is 16.4. The van der Waals surface area contributed by atoms with Crippen molar-refractivity contribution in [3.63, 3.8) is 0 Å². The number of hydrogen-bond donors (Lipinski definition) is 3. The summed E-state index contributed by atoms with van der Waals surface area (Å²) in [5.74, 6) is 1.12. The third-order valence-corrected chi connectivity index (χ3v) is 12.8. The van der Waals surface area contributed by atoms with Crippen LogP contribution in [0.1, 0.15) is 106 Å². The molecule has 0 aromatic carbocycles. The van der Waals surface area contributed by atoms with Gasteiger partial charge in [-0.3, -0.25) is 4.79 Å². The van der Waals surface area contributed by atoms with Gasteiger partial charge >= 0.3 is 5.97 Å². The quantitative estimate of drug-likeness (QED) is 0.397. The summed E-state index contributed by atoms with van der Waals surface area (Å²) in [6.07, 6.45) is 8.27. The molecule has 0 amide bonds. The minimum atomic E-state index is -0.654. The van der Waals surface area contributed by atoms with E-state index in [-0.39, 0.29) is 28.3 Å². The smallest absolute Gasteiger partial charge is 0.310 e. The molecular formula is C30H48O4. The molecule has 0 bridgehead atoms. The lowest BCUT2D eigenvalue weighted by Gasteiger charge is -2.64. The summed E-state index contributed by atoms with van der Waals surface area (Å²) in [4.78, 5) is 12.8. The van der Waals surface area contributed by atoms with Crippen molar-refractivity contribution in [2.75, 3.05) is 0 Å². The normalized spacial score (nSPS) is 52.5. The molecule has 0 heterocycles. The molecular weight excluding hydrogens is 424 g/mol. The summed E-state index contributed by atoms with van der Waals surface area (Å²) in [6.45, 7) is 14.0. The monoisotopic (exact) mass is 472 g/mol. The zero-order valence-corrected chi connectivity index (χ0v) is 22.4. The molecule has 0 aromatic heterocycles. The fraction of sp³-hybridized carbons (Fsp3) is 0.900. The zero-order valence-electron chi connectivity index (χ0n) is 22.4. The Bertz CT molecular complexity index is 890. The van der Waals surface area contributed by atoms with Crippen LogP contribution >= 0.6 is 0 Å². The van der Waals surface area contributed by atoms with Crippen LogP contribution in [-0.4, -0.2) is 33.5 Å². The first-order valence-corrected chi connectivity index (χ1v) is 14.1. The SMILES string of the molecule is CC1CCC2(C(=O)O)CCC3=C(CC(O)CC4C3(C)CCC3C(C)(C)C(O)CCC43C)C2C1C. The number of rotatable bonds is 1. The Morgan fingerprint density at radius 2 is 1.62 bits per heavy atom. The van der Waals surface area contributed by atoms with Crippen LogP contribution in [0, 0.1) is 51.2 Å². The first-order valence-electron chi connectivity index (χ1n) is 14.1. The Hall–Kier alpha value is -0.870. The summed E-state index contributed by atoms with van der Waals surface area (Å²) in [6, 6.07) is 0. The van der Waals surface area contributed by atoms with Crippen LogP contribution in [0.4, 0.5) is 0 Å². The standard InChI is InChI=1S/C30H48O4/c1-17-7-13-30(26(33)34)14-8-21-20(25(30)18(17)2)15-19(31)16-23-28(21,5)11-9-22-27(3,4)24(32)10-12-29(22,23)6/h17-19,22-25,31-32H,7-16H2,1-6H3,(H,33,34). The van der Waals surface area contributed by atoms with E-state index in [4.69, 9.17) is 0 Å². The highest BCUT2D eigenvalue weighted by Crippen LogP contribution is 2.70. The summed E-state index contributed by atoms with van der Waals surface area (Å²) in [5, 5.41) is 32.9. The van der Waals surface area contributed by atoms with E-state index < -0.39 is 17.5 Å². The zero-order chi connectivity index (χ0) is 24.8. The Labute approximate surface area is 206 Å². The van der Waals surface area contributed by atoms with Gasteiger partial charge in [0, 0.05) is 0 Å². The van der Waals surface area contributed by atoms with E-state index in [0.717, 1.165) is 57.8 Å². The van der Waals surface area contributed by atoms with Crippen molar-refractivity contribution in [1.29, 1.82) is 0 Å². The summed E-state index contributed by atoms with van der Waals surface area (Å²) < 4.78 is 0. The molecule has 0 spiro atoms. The summed E-state index contributed by atoms with van der Waals surface area (Å²) in [5.41, 5.74) is 2.20. The van der Waals surface area contributed by atoms with Gasteiger partial charge in [0.1, 0.15) is 0 Å². The number of carbonyl (C=O) groups is 1. The van der Waals surface area contributed by atoms with E-state index in [1.807, 2.05) is 0 Å². The van der Waals surface area contributed by atoms with Crippen molar-refractivity contribution in [1.82, 2.24) is 0 Å². The van der Waals surface area contributed by atoms with Crippen molar-refractivity contribution >= 4 is 5.97 Å². The van der Waals surface area contributed by atoms with Crippen LogP contribution in [0.25, 0.3) is 0 Å². The van der Waals surface area contributed by atoms with E-state index in [1.165, 1.54) is 11.1 Å². The molecule has 10 unspecified atom stereocenters. The predicted molar refractivity (Wildman–Crippen MR) is 134 cm³/mol. The van der Waals surface area contributed by atoms with Gasteiger partial charge < -0.3 is 15.3 Å². The van der Waals surface area contributed by atoms with Crippen molar-refractivity contribution in [3.8, 4) is 0 Å². The van der Waals surface area contributed by atoms with E-state index in [1.54, 1.807) is 0 Å². The van der Waals surface area contributed by atoms with E-state index in [0.29, 0.717) is 30.1 Å². The Kier molecular flexibility index (Phi) is 5.70. The maximum absolute atomic E-state index is 12.8. The lowest BCUT2D eigenvalue weighted by Crippen LogP contribution is -2.59. The highest BCUT2D eigenvalue weighted by molar-refractivity contribution is 5.76. The van der Waals surface area contributed by atoms with Gasteiger partial charge in [0.05, 0.1) is 17.6 Å². The van der Waals surface area contributed by atoms with E-state index >= 15 is 0 Å². The van der Waals surface area contributed by atoms with Crippen LogP contribution in [0.15, 0.2) is 11.1 Å². The Balaban J connectivity index is 1.64. The molecule has 3 saturated carbocycles. The fourth-order valence-corrected chi connectivity index (χ4v) is 10.7. The van der Waals surface area contributed by atoms with Crippen molar-refractivity contribution in [2.45, 2.75) is 118 Å². The van der Waals surface area contributed by atoms with Gasteiger partial charge in [-0.1, -0.05) is 52.7 Å². The molecule has 5 aliphatic rings. The lowest BCUT2D eigenvalue weighted by atomic mass is 9.40. The molecule has 4 heteroatoms. The molecule has 34 heavy (non-hydrogen) atoms. The molecule has 0 radical (unpaired) electrons. The van der Waals surface area contributed by atoms with Gasteiger partial charge in [0.2, 0.25) is 0 Å². The molecule has 3 N–H and O–H groups in total. The number of aliphatic hydroxyl groups is 2. The number of aliphatic carboxylic acids is 1. The largest absolute Gasteiger partial charge is 0.481 e. The Morgan fingerprint density at radius 1 is 0.912 bits per heavy atom. The topological polar surface area (TPSA) is 77.8 Å². The van der Waals surface area contributed by atoms with Crippen LogP contribution in [0.3, 0.4) is 0 Å². The van der Waals surface area contributed by atoms with Gasteiger partial charge in [-0.2, -0.15) is 0 Å². The maximum atomic E-state index is 12.8. The second-order valence-electron chi connectivity index (χ2n) is 14.4. The number of carboxylic acid groups (broad SMARTS) is 1. The van der Waals surface area contributed by atoms with Crippen molar-refractivity contribution < 1.29 is 20.1 Å².